The van der Waals surface area contributed by atoms with E-state index < -0.39 is 5.82 Å². The van der Waals surface area contributed by atoms with Gasteiger partial charge >= 0.3 is 0 Å². The fraction of sp³-hybridized carbons (Fsp3) is 0. The van der Waals surface area contributed by atoms with Gasteiger partial charge in [0.25, 0.3) is 0 Å². The van der Waals surface area contributed by atoms with Crippen LogP contribution in [0.25, 0.3) is 22.4 Å². The van der Waals surface area contributed by atoms with E-state index in [9.17, 15) is 4.39 Å². The highest BCUT2D eigenvalue weighted by atomic mass is 35.5. The molecule has 3 rings (SSSR count). The van der Waals surface area contributed by atoms with E-state index in [1.165, 1.54) is 6.20 Å². The molecule has 1 N–H and O–H groups in total. The summed E-state index contributed by atoms with van der Waals surface area (Å²) in [6.45, 7) is 0. The zero-order chi connectivity index (χ0) is 11.8. The molecule has 3 nitrogen and oxygen atoms in total. The molecule has 0 amide bonds. The molecular weight excluding hydrogens is 241 g/mol. The Morgan fingerprint density at radius 2 is 2.12 bits per heavy atom. The predicted octanol–water partition coefficient (Wildman–Crippen LogP) is 3.42. The third-order valence-corrected chi connectivity index (χ3v) is 2.80. The molecule has 0 aliphatic rings. The second-order valence-electron chi connectivity index (χ2n) is 3.58. The van der Waals surface area contributed by atoms with E-state index in [2.05, 4.69) is 15.0 Å². The summed E-state index contributed by atoms with van der Waals surface area (Å²) in [7, 11) is 0. The third kappa shape index (κ3) is 1.66. The van der Waals surface area contributed by atoms with Crippen LogP contribution in [0.1, 0.15) is 0 Å². The minimum absolute atomic E-state index is 0.382. The van der Waals surface area contributed by atoms with Crippen molar-refractivity contribution in [3.8, 4) is 11.4 Å². The van der Waals surface area contributed by atoms with Gasteiger partial charge in [-0.15, -0.1) is 0 Å². The third-order valence-electron chi connectivity index (χ3n) is 2.49. The lowest BCUT2D eigenvalue weighted by Gasteiger charge is -1.96. The maximum Gasteiger partial charge on any atom is 0.152 e. The average Bonchev–Trinajstić information content (AvgIpc) is 2.75. The maximum absolute atomic E-state index is 13.5. The van der Waals surface area contributed by atoms with E-state index in [1.807, 2.05) is 12.1 Å². The Balaban J connectivity index is 2.26. The summed E-state index contributed by atoms with van der Waals surface area (Å²) >= 11 is 6.01. The molecule has 1 aromatic carbocycles. The minimum Gasteiger partial charge on any atom is -0.338 e. The molecule has 0 saturated heterocycles. The van der Waals surface area contributed by atoms with Crippen molar-refractivity contribution in [3.05, 3.63) is 47.5 Å². The van der Waals surface area contributed by atoms with Crippen molar-refractivity contribution < 1.29 is 4.39 Å². The SMILES string of the molecule is Fc1cnccc1-c1nc2c(Cl)cccc2[nH]1. The zero-order valence-corrected chi connectivity index (χ0v) is 9.37. The first-order valence-electron chi connectivity index (χ1n) is 5.00. The number of aromatic nitrogens is 3. The number of aromatic amines is 1. The van der Waals surface area contributed by atoms with Crippen molar-refractivity contribution in [2.45, 2.75) is 0 Å². The highest BCUT2D eigenvalue weighted by Crippen LogP contribution is 2.26. The van der Waals surface area contributed by atoms with Gasteiger partial charge in [-0.3, -0.25) is 4.98 Å². The normalized spacial score (nSPS) is 10.9. The number of halogens is 2. The molecule has 0 aliphatic carbocycles. The summed E-state index contributed by atoms with van der Waals surface area (Å²) in [6, 6.07) is 6.98. The Labute approximate surface area is 101 Å². The monoisotopic (exact) mass is 247 g/mol. The van der Waals surface area contributed by atoms with Crippen LogP contribution in [0.3, 0.4) is 0 Å². The summed E-state index contributed by atoms with van der Waals surface area (Å²) in [4.78, 5) is 11.0. The van der Waals surface area contributed by atoms with Crippen molar-refractivity contribution in [3.63, 3.8) is 0 Å². The van der Waals surface area contributed by atoms with Gasteiger partial charge in [0.05, 0.1) is 22.3 Å². The van der Waals surface area contributed by atoms with E-state index >= 15 is 0 Å². The number of benzene rings is 1. The molecule has 0 aliphatic heterocycles. The fourth-order valence-electron chi connectivity index (χ4n) is 1.69. The smallest absolute Gasteiger partial charge is 0.152 e. The number of pyridine rings is 1. The molecule has 3 aromatic rings. The van der Waals surface area contributed by atoms with Crippen molar-refractivity contribution in [1.82, 2.24) is 15.0 Å². The van der Waals surface area contributed by atoms with Gasteiger partial charge in [0.1, 0.15) is 11.3 Å². The second kappa shape index (κ2) is 3.82. The van der Waals surface area contributed by atoms with Crippen LogP contribution < -0.4 is 0 Å². The number of nitrogens with one attached hydrogen (secondary N) is 1. The Morgan fingerprint density at radius 1 is 1.24 bits per heavy atom. The zero-order valence-electron chi connectivity index (χ0n) is 8.61. The van der Waals surface area contributed by atoms with Gasteiger partial charge in [-0.05, 0) is 18.2 Å². The Morgan fingerprint density at radius 3 is 2.88 bits per heavy atom. The first kappa shape index (κ1) is 10.2. The molecule has 0 unspecified atom stereocenters. The van der Waals surface area contributed by atoms with E-state index in [0.717, 1.165) is 11.7 Å². The predicted molar refractivity (Wildman–Crippen MR) is 64.3 cm³/mol. The summed E-state index contributed by atoms with van der Waals surface area (Å²) in [6.07, 6.45) is 2.68. The molecule has 84 valence electrons. The Hall–Kier alpha value is -1.94. The molecule has 5 heteroatoms. The number of para-hydroxylation sites is 1. The van der Waals surface area contributed by atoms with E-state index in [0.29, 0.717) is 21.9 Å². The maximum atomic E-state index is 13.5. The number of nitrogens with zero attached hydrogens (tertiary/aromatic N) is 2. The van der Waals surface area contributed by atoms with Crippen LogP contribution >= 0.6 is 11.6 Å². The number of fused-ring (bicyclic) bond motifs is 1. The van der Waals surface area contributed by atoms with Crippen molar-refractivity contribution in [1.29, 1.82) is 0 Å². The number of H-pyrrole nitrogens is 1. The van der Waals surface area contributed by atoms with Crippen LogP contribution in [0, 0.1) is 5.82 Å². The number of imidazole rings is 1. The van der Waals surface area contributed by atoms with Crippen LogP contribution in [-0.4, -0.2) is 15.0 Å². The topological polar surface area (TPSA) is 41.6 Å². The molecule has 0 fully saturated rings. The molecule has 0 spiro atoms. The molecule has 17 heavy (non-hydrogen) atoms. The van der Waals surface area contributed by atoms with Gasteiger partial charge in [0, 0.05) is 6.20 Å². The van der Waals surface area contributed by atoms with E-state index in [-0.39, 0.29) is 0 Å². The lowest BCUT2D eigenvalue weighted by molar-refractivity contribution is 0.624. The summed E-state index contributed by atoms with van der Waals surface area (Å²) in [5.41, 5.74) is 1.80. The molecule has 2 aromatic heterocycles. The van der Waals surface area contributed by atoms with Crippen LogP contribution in [-0.2, 0) is 0 Å². The van der Waals surface area contributed by atoms with Gasteiger partial charge in [0.15, 0.2) is 5.82 Å². The van der Waals surface area contributed by atoms with Gasteiger partial charge in [-0.2, -0.15) is 0 Å². The lowest BCUT2D eigenvalue weighted by Crippen LogP contribution is -1.86. The van der Waals surface area contributed by atoms with E-state index in [4.69, 9.17) is 11.6 Å². The van der Waals surface area contributed by atoms with Gasteiger partial charge in [-0.25, -0.2) is 9.37 Å². The fourth-order valence-corrected chi connectivity index (χ4v) is 1.91. The van der Waals surface area contributed by atoms with Crippen molar-refractivity contribution in [2.75, 3.05) is 0 Å². The number of hydrogen-bond donors (Lipinski definition) is 1. The average molecular weight is 248 g/mol. The minimum atomic E-state index is -0.414. The van der Waals surface area contributed by atoms with Crippen LogP contribution in [0.4, 0.5) is 4.39 Å². The summed E-state index contributed by atoms with van der Waals surface area (Å²) in [5, 5.41) is 0.541. The van der Waals surface area contributed by atoms with Crippen molar-refractivity contribution in [2.24, 2.45) is 0 Å². The second-order valence-corrected chi connectivity index (χ2v) is 3.98. The standard InChI is InChI=1S/C12H7ClFN3/c13-8-2-1-3-10-11(8)17-12(16-10)7-4-5-15-6-9(7)14/h1-6H,(H,16,17). The van der Waals surface area contributed by atoms with Gasteiger partial charge < -0.3 is 4.98 Å². The van der Waals surface area contributed by atoms with Gasteiger partial charge in [-0.1, -0.05) is 17.7 Å². The summed E-state index contributed by atoms with van der Waals surface area (Å²) < 4.78 is 13.5. The van der Waals surface area contributed by atoms with Gasteiger partial charge in [0.2, 0.25) is 0 Å². The molecule has 0 bridgehead atoms. The Kier molecular flexibility index (Phi) is 2.30. The number of rotatable bonds is 1. The molecule has 0 atom stereocenters. The Bertz CT molecular complexity index is 693. The first-order chi connectivity index (χ1) is 8.25. The van der Waals surface area contributed by atoms with Crippen molar-refractivity contribution >= 4 is 22.6 Å². The van der Waals surface area contributed by atoms with Crippen LogP contribution in [0.5, 0.6) is 0 Å². The quantitative estimate of drug-likeness (QED) is 0.716. The highest BCUT2D eigenvalue weighted by molar-refractivity contribution is 6.34. The molecule has 0 saturated carbocycles. The van der Waals surface area contributed by atoms with E-state index in [1.54, 1.807) is 12.1 Å². The lowest BCUT2D eigenvalue weighted by atomic mass is 10.2. The first-order valence-corrected chi connectivity index (χ1v) is 5.37. The molecule has 0 radical (unpaired) electrons. The molecular formula is C12H7ClFN3. The number of hydrogen-bond acceptors (Lipinski definition) is 2. The van der Waals surface area contributed by atoms with Crippen LogP contribution in [0.15, 0.2) is 36.7 Å². The van der Waals surface area contributed by atoms with Crippen LogP contribution in [0.2, 0.25) is 5.02 Å². The highest BCUT2D eigenvalue weighted by Gasteiger charge is 2.11. The largest absolute Gasteiger partial charge is 0.338 e. The summed E-state index contributed by atoms with van der Waals surface area (Å²) in [5.74, 6) is 0.0377. The molecule has 2 heterocycles.